The van der Waals surface area contributed by atoms with Crippen LogP contribution in [0.15, 0.2) is 78.9 Å². The monoisotopic (exact) mass is 413 g/mol. The zero-order chi connectivity index (χ0) is 20.9. The fourth-order valence-electron chi connectivity index (χ4n) is 3.32. The Bertz CT molecular complexity index is 1090. The number of hydrogen-bond donors (Lipinski definition) is 1. The van der Waals surface area contributed by atoms with E-state index in [1.54, 1.807) is 40.9 Å². The molecule has 3 aromatic rings. The third kappa shape index (κ3) is 4.22. The van der Waals surface area contributed by atoms with Crippen LogP contribution < -0.4 is 5.32 Å². The molecule has 1 heterocycles. The van der Waals surface area contributed by atoms with Crippen molar-refractivity contribution < 1.29 is 9.59 Å². The van der Waals surface area contributed by atoms with Crippen LogP contribution in [0.5, 0.6) is 0 Å². The molecule has 0 bridgehead atoms. The Kier molecular flexibility index (Phi) is 5.82. The number of nitriles is 1. The van der Waals surface area contributed by atoms with Crippen LogP contribution in [0.2, 0.25) is 0 Å². The molecule has 0 spiro atoms. The average molecular weight is 414 g/mol. The molecule has 3 aromatic carbocycles. The van der Waals surface area contributed by atoms with Crippen molar-refractivity contribution in [1.82, 2.24) is 4.90 Å². The van der Waals surface area contributed by atoms with E-state index in [4.69, 9.17) is 5.26 Å². The highest BCUT2D eigenvalue weighted by Gasteiger charge is 2.35. The van der Waals surface area contributed by atoms with E-state index in [2.05, 4.69) is 5.32 Å². The van der Waals surface area contributed by atoms with E-state index in [0.29, 0.717) is 28.4 Å². The lowest BCUT2D eigenvalue weighted by atomic mass is 10.0. The number of hydrogen-bond acceptors (Lipinski definition) is 4. The predicted molar refractivity (Wildman–Crippen MR) is 119 cm³/mol. The lowest BCUT2D eigenvalue weighted by Gasteiger charge is -2.23. The molecule has 6 heteroatoms. The van der Waals surface area contributed by atoms with Gasteiger partial charge in [0.15, 0.2) is 0 Å². The maximum absolute atomic E-state index is 13.0. The zero-order valence-corrected chi connectivity index (χ0v) is 16.9. The minimum absolute atomic E-state index is 0.153. The summed E-state index contributed by atoms with van der Waals surface area (Å²) >= 11 is 1.56. The number of benzene rings is 3. The smallest absolute Gasteiger partial charge is 0.255 e. The molecule has 0 aliphatic carbocycles. The van der Waals surface area contributed by atoms with Crippen LogP contribution in [0.3, 0.4) is 0 Å². The van der Waals surface area contributed by atoms with Gasteiger partial charge in [0.1, 0.15) is 6.04 Å². The molecular formula is C24H19N3O2S. The lowest BCUT2D eigenvalue weighted by Crippen LogP contribution is -2.44. The van der Waals surface area contributed by atoms with E-state index >= 15 is 0 Å². The van der Waals surface area contributed by atoms with Crippen LogP contribution in [-0.4, -0.2) is 34.4 Å². The van der Waals surface area contributed by atoms with Crippen molar-refractivity contribution in [2.24, 2.45) is 0 Å². The van der Waals surface area contributed by atoms with Crippen molar-refractivity contribution in [3.05, 3.63) is 90.0 Å². The Morgan fingerprint density at radius 2 is 1.60 bits per heavy atom. The molecule has 1 fully saturated rings. The van der Waals surface area contributed by atoms with Crippen LogP contribution >= 0.6 is 11.8 Å². The van der Waals surface area contributed by atoms with Gasteiger partial charge in [0.25, 0.3) is 5.91 Å². The predicted octanol–water partition coefficient (Wildman–Crippen LogP) is 4.38. The number of nitrogens with one attached hydrogen (secondary N) is 1. The van der Waals surface area contributed by atoms with Gasteiger partial charge in [-0.1, -0.05) is 42.5 Å². The summed E-state index contributed by atoms with van der Waals surface area (Å²) in [6, 6.07) is 25.6. The molecule has 148 valence electrons. The quantitative estimate of drug-likeness (QED) is 0.689. The van der Waals surface area contributed by atoms with Gasteiger partial charge in [-0.25, -0.2) is 0 Å². The first kappa shape index (κ1) is 19.7. The third-order valence-corrected chi connectivity index (χ3v) is 5.98. The van der Waals surface area contributed by atoms with E-state index < -0.39 is 6.04 Å². The summed E-state index contributed by atoms with van der Waals surface area (Å²) in [4.78, 5) is 27.4. The molecule has 0 aromatic heterocycles. The standard InChI is InChI=1S/C24H19N3O2S/c25-14-17-6-12-21(13-7-17)26-23(28)22-15-30-16-27(22)24(29)20-10-8-19(9-11-20)18-4-2-1-3-5-18/h1-13,22H,15-16H2,(H,26,28). The Balaban J connectivity index is 1.46. The first-order valence-corrected chi connectivity index (χ1v) is 10.7. The van der Waals surface area contributed by atoms with Gasteiger partial charge in [0.2, 0.25) is 5.91 Å². The Hall–Kier alpha value is -3.56. The van der Waals surface area contributed by atoms with Crippen LogP contribution in [-0.2, 0) is 4.79 Å². The van der Waals surface area contributed by atoms with E-state index in [0.717, 1.165) is 11.1 Å². The lowest BCUT2D eigenvalue weighted by molar-refractivity contribution is -0.119. The van der Waals surface area contributed by atoms with Gasteiger partial charge >= 0.3 is 0 Å². The molecule has 1 aliphatic heterocycles. The molecule has 1 saturated heterocycles. The number of carbonyl (C=O) groups excluding carboxylic acids is 2. The summed E-state index contributed by atoms with van der Waals surface area (Å²) in [5, 5.41) is 11.7. The zero-order valence-electron chi connectivity index (χ0n) is 16.1. The van der Waals surface area contributed by atoms with Crippen LogP contribution in [0.25, 0.3) is 11.1 Å². The first-order chi connectivity index (χ1) is 14.7. The highest BCUT2D eigenvalue weighted by Crippen LogP contribution is 2.26. The van der Waals surface area contributed by atoms with E-state index in [1.807, 2.05) is 60.7 Å². The number of nitrogens with zero attached hydrogens (tertiary/aromatic N) is 2. The first-order valence-electron chi connectivity index (χ1n) is 9.51. The second kappa shape index (κ2) is 8.85. The minimum atomic E-state index is -0.535. The molecule has 0 saturated carbocycles. The van der Waals surface area contributed by atoms with Gasteiger partial charge in [-0.05, 0) is 47.5 Å². The molecule has 5 nitrogen and oxygen atoms in total. The van der Waals surface area contributed by atoms with Gasteiger partial charge in [0, 0.05) is 17.0 Å². The molecule has 1 aliphatic rings. The summed E-state index contributed by atoms with van der Waals surface area (Å²) in [5.74, 6) is 0.652. The van der Waals surface area contributed by atoms with Crippen LogP contribution in [0, 0.1) is 11.3 Å². The Morgan fingerprint density at radius 1 is 0.933 bits per heavy atom. The highest BCUT2D eigenvalue weighted by molar-refractivity contribution is 7.99. The Labute approximate surface area is 179 Å². The maximum Gasteiger partial charge on any atom is 0.255 e. The summed E-state index contributed by atoms with van der Waals surface area (Å²) in [6.07, 6.45) is 0. The van der Waals surface area contributed by atoms with Gasteiger partial charge in [0.05, 0.1) is 17.5 Å². The van der Waals surface area contributed by atoms with Crippen molar-refractivity contribution in [2.45, 2.75) is 6.04 Å². The molecule has 1 unspecified atom stereocenters. The van der Waals surface area contributed by atoms with E-state index in [1.165, 1.54) is 0 Å². The number of anilines is 1. The SMILES string of the molecule is N#Cc1ccc(NC(=O)C2CSCN2C(=O)c2ccc(-c3ccccc3)cc2)cc1. The van der Waals surface area contributed by atoms with Crippen molar-refractivity contribution in [1.29, 1.82) is 5.26 Å². The van der Waals surface area contributed by atoms with Gasteiger partial charge in [-0.2, -0.15) is 5.26 Å². The fourth-order valence-corrected chi connectivity index (χ4v) is 4.47. The van der Waals surface area contributed by atoms with Crippen molar-refractivity contribution >= 4 is 29.3 Å². The molecule has 1 atom stereocenters. The normalized spacial score (nSPS) is 15.4. The van der Waals surface area contributed by atoms with Crippen molar-refractivity contribution in [3.63, 3.8) is 0 Å². The molecule has 30 heavy (non-hydrogen) atoms. The van der Waals surface area contributed by atoms with E-state index in [9.17, 15) is 9.59 Å². The average Bonchev–Trinajstić information content (AvgIpc) is 3.30. The minimum Gasteiger partial charge on any atom is -0.324 e. The second-order valence-electron chi connectivity index (χ2n) is 6.91. The summed E-state index contributed by atoms with van der Waals surface area (Å²) in [7, 11) is 0. The van der Waals surface area contributed by atoms with Gasteiger partial charge in [-0.15, -0.1) is 11.8 Å². The third-order valence-electron chi connectivity index (χ3n) is 4.97. The second-order valence-corrected chi connectivity index (χ2v) is 7.91. The number of rotatable bonds is 4. The molecule has 1 N–H and O–H groups in total. The molecule has 0 radical (unpaired) electrons. The topological polar surface area (TPSA) is 73.2 Å². The largest absolute Gasteiger partial charge is 0.324 e. The van der Waals surface area contributed by atoms with E-state index in [-0.39, 0.29) is 11.8 Å². The number of amides is 2. The van der Waals surface area contributed by atoms with Crippen LogP contribution in [0.1, 0.15) is 15.9 Å². The Morgan fingerprint density at radius 3 is 2.27 bits per heavy atom. The summed E-state index contributed by atoms with van der Waals surface area (Å²) in [5.41, 5.74) is 3.83. The maximum atomic E-state index is 13.0. The molecular weight excluding hydrogens is 394 g/mol. The highest BCUT2D eigenvalue weighted by atomic mass is 32.2. The number of thioether (sulfide) groups is 1. The summed E-state index contributed by atoms with van der Waals surface area (Å²) in [6.45, 7) is 0. The molecule has 4 rings (SSSR count). The molecule has 2 amide bonds. The van der Waals surface area contributed by atoms with Gasteiger partial charge in [-0.3, -0.25) is 9.59 Å². The van der Waals surface area contributed by atoms with Crippen molar-refractivity contribution in [3.8, 4) is 17.2 Å². The fraction of sp³-hybridized carbons (Fsp3) is 0.125. The van der Waals surface area contributed by atoms with Crippen LogP contribution in [0.4, 0.5) is 5.69 Å². The summed E-state index contributed by atoms with van der Waals surface area (Å²) < 4.78 is 0. The van der Waals surface area contributed by atoms with Gasteiger partial charge < -0.3 is 10.2 Å². The van der Waals surface area contributed by atoms with Crippen molar-refractivity contribution in [2.75, 3.05) is 16.9 Å². The number of carbonyl (C=O) groups is 2.